The Labute approximate surface area is 153 Å². The summed E-state index contributed by atoms with van der Waals surface area (Å²) in [5.74, 6) is 1.07. The highest BCUT2D eigenvalue weighted by Crippen LogP contribution is 2.35. The SMILES string of the molecule is O=C(Nc1ccc2nc(C3CCC3)[nH]c2c1)c1ccc([N+](=O)[O-])cc1Cl. The number of hydrogen-bond acceptors (Lipinski definition) is 4. The summed E-state index contributed by atoms with van der Waals surface area (Å²) < 4.78 is 0. The minimum Gasteiger partial charge on any atom is -0.342 e. The second kappa shape index (κ2) is 6.42. The van der Waals surface area contributed by atoms with Crippen LogP contribution < -0.4 is 5.32 Å². The maximum absolute atomic E-state index is 12.4. The number of aromatic amines is 1. The summed E-state index contributed by atoms with van der Waals surface area (Å²) in [5.41, 5.74) is 2.34. The number of non-ortho nitro benzene ring substituents is 1. The van der Waals surface area contributed by atoms with Gasteiger partial charge in [0.05, 0.1) is 26.5 Å². The van der Waals surface area contributed by atoms with Crippen LogP contribution in [0.3, 0.4) is 0 Å². The molecular formula is C18H15ClN4O3. The van der Waals surface area contributed by atoms with Crippen molar-refractivity contribution in [2.45, 2.75) is 25.2 Å². The molecule has 1 heterocycles. The highest BCUT2D eigenvalue weighted by molar-refractivity contribution is 6.34. The summed E-state index contributed by atoms with van der Waals surface area (Å²) >= 11 is 6.01. The standard InChI is InChI=1S/C18H15ClN4O3/c19-14-9-12(23(25)26)5-6-13(14)18(24)20-11-4-7-15-16(8-11)22-17(21-15)10-2-1-3-10/h4-10H,1-3H2,(H,20,24)(H,21,22). The lowest BCUT2D eigenvalue weighted by atomic mass is 9.85. The Morgan fingerprint density at radius 1 is 1.27 bits per heavy atom. The molecule has 0 unspecified atom stereocenters. The van der Waals surface area contributed by atoms with Gasteiger partial charge in [-0.15, -0.1) is 0 Å². The third kappa shape index (κ3) is 3.01. The number of imidazole rings is 1. The van der Waals surface area contributed by atoms with Crippen LogP contribution in [-0.4, -0.2) is 20.8 Å². The first-order chi connectivity index (χ1) is 12.5. The van der Waals surface area contributed by atoms with Crippen LogP contribution in [0.1, 0.15) is 41.4 Å². The first-order valence-electron chi connectivity index (χ1n) is 8.26. The monoisotopic (exact) mass is 370 g/mol. The van der Waals surface area contributed by atoms with Crippen LogP contribution in [0.5, 0.6) is 0 Å². The lowest BCUT2D eigenvalue weighted by molar-refractivity contribution is -0.384. The minimum absolute atomic E-state index is 0.0339. The number of hydrogen-bond donors (Lipinski definition) is 2. The van der Waals surface area contributed by atoms with Gasteiger partial charge in [-0.05, 0) is 37.1 Å². The third-order valence-electron chi connectivity index (χ3n) is 4.66. The number of amides is 1. The van der Waals surface area contributed by atoms with Crippen molar-refractivity contribution < 1.29 is 9.72 Å². The summed E-state index contributed by atoms with van der Waals surface area (Å²) in [7, 11) is 0. The molecule has 26 heavy (non-hydrogen) atoms. The molecular weight excluding hydrogens is 356 g/mol. The fraction of sp³-hybridized carbons (Fsp3) is 0.222. The van der Waals surface area contributed by atoms with Crippen LogP contribution in [0.4, 0.5) is 11.4 Å². The Hall–Kier alpha value is -2.93. The zero-order valence-electron chi connectivity index (χ0n) is 13.7. The van der Waals surface area contributed by atoms with E-state index in [-0.39, 0.29) is 16.3 Å². The van der Waals surface area contributed by atoms with Gasteiger partial charge in [-0.3, -0.25) is 14.9 Å². The van der Waals surface area contributed by atoms with Gasteiger partial charge in [0.15, 0.2) is 0 Å². The maximum Gasteiger partial charge on any atom is 0.270 e. The van der Waals surface area contributed by atoms with Crippen LogP contribution in [0, 0.1) is 10.1 Å². The van der Waals surface area contributed by atoms with E-state index in [1.807, 2.05) is 12.1 Å². The predicted octanol–water partition coefficient (Wildman–Crippen LogP) is 4.64. The number of H-pyrrole nitrogens is 1. The number of carbonyl (C=O) groups is 1. The van der Waals surface area contributed by atoms with Gasteiger partial charge >= 0.3 is 0 Å². The van der Waals surface area contributed by atoms with Crippen molar-refractivity contribution >= 4 is 39.9 Å². The molecule has 2 N–H and O–H groups in total. The molecule has 132 valence electrons. The largest absolute Gasteiger partial charge is 0.342 e. The molecule has 4 rings (SSSR count). The lowest BCUT2D eigenvalue weighted by Gasteiger charge is -2.22. The summed E-state index contributed by atoms with van der Waals surface area (Å²) in [5, 5.41) is 13.6. The van der Waals surface area contributed by atoms with Crippen LogP contribution >= 0.6 is 11.6 Å². The molecule has 0 aliphatic heterocycles. The van der Waals surface area contributed by atoms with Gasteiger partial charge in [0.25, 0.3) is 11.6 Å². The number of nitrogens with zero attached hydrogens (tertiary/aromatic N) is 2. The number of anilines is 1. The van der Waals surface area contributed by atoms with Gasteiger partial charge < -0.3 is 10.3 Å². The Balaban J connectivity index is 1.56. The summed E-state index contributed by atoms with van der Waals surface area (Å²) in [6, 6.07) is 9.20. The van der Waals surface area contributed by atoms with Crippen molar-refractivity contribution in [1.29, 1.82) is 0 Å². The van der Waals surface area contributed by atoms with Crippen molar-refractivity contribution in [2.24, 2.45) is 0 Å². The predicted molar refractivity (Wildman–Crippen MR) is 98.7 cm³/mol. The van der Waals surface area contributed by atoms with Crippen molar-refractivity contribution in [3.8, 4) is 0 Å². The molecule has 1 amide bonds. The van der Waals surface area contributed by atoms with Crippen LogP contribution in [-0.2, 0) is 0 Å². The fourth-order valence-corrected chi connectivity index (χ4v) is 3.24. The third-order valence-corrected chi connectivity index (χ3v) is 4.97. The number of halogens is 1. The van der Waals surface area contributed by atoms with Gasteiger partial charge in [-0.2, -0.15) is 0 Å². The molecule has 2 aromatic carbocycles. The summed E-state index contributed by atoms with van der Waals surface area (Å²) in [6.45, 7) is 0. The molecule has 7 nitrogen and oxygen atoms in total. The average Bonchev–Trinajstić information content (AvgIpc) is 2.95. The molecule has 0 bridgehead atoms. The quantitative estimate of drug-likeness (QED) is 0.515. The van der Waals surface area contributed by atoms with Crippen molar-refractivity contribution in [1.82, 2.24) is 9.97 Å². The zero-order chi connectivity index (χ0) is 18.3. The number of carbonyl (C=O) groups excluding carboxylic acids is 1. The van der Waals surface area contributed by atoms with Gasteiger partial charge in [-0.1, -0.05) is 18.0 Å². The van der Waals surface area contributed by atoms with E-state index in [2.05, 4.69) is 15.3 Å². The zero-order valence-corrected chi connectivity index (χ0v) is 14.4. The normalized spacial score (nSPS) is 14.2. The second-order valence-corrected chi connectivity index (χ2v) is 6.76. The smallest absolute Gasteiger partial charge is 0.270 e. The Bertz CT molecular complexity index is 1030. The van der Waals surface area contributed by atoms with E-state index >= 15 is 0 Å². The molecule has 0 atom stereocenters. The molecule has 1 saturated carbocycles. The van der Waals surface area contributed by atoms with E-state index < -0.39 is 10.8 Å². The number of nitro groups is 1. The van der Waals surface area contributed by atoms with Crippen molar-refractivity contribution in [2.75, 3.05) is 5.32 Å². The van der Waals surface area contributed by atoms with Gasteiger partial charge in [0.2, 0.25) is 0 Å². The Morgan fingerprint density at radius 2 is 2.08 bits per heavy atom. The van der Waals surface area contributed by atoms with Crippen molar-refractivity contribution in [3.63, 3.8) is 0 Å². The number of rotatable bonds is 4. The number of aromatic nitrogens is 2. The topological polar surface area (TPSA) is 101 Å². The van der Waals surface area contributed by atoms with E-state index in [0.717, 1.165) is 29.7 Å². The second-order valence-electron chi connectivity index (χ2n) is 6.36. The van der Waals surface area contributed by atoms with Crippen LogP contribution in [0.2, 0.25) is 5.02 Å². The highest BCUT2D eigenvalue weighted by Gasteiger charge is 2.22. The highest BCUT2D eigenvalue weighted by atomic mass is 35.5. The molecule has 1 aliphatic rings. The molecule has 1 fully saturated rings. The van der Waals surface area contributed by atoms with Crippen LogP contribution in [0.25, 0.3) is 11.0 Å². The maximum atomic E-state index is 12.4. The van der Waals surface area contributed by atoms with Crippen LogP contribution in [0.15, 0.2) is 36.4 Å². The molecule has 1 aromatic heterocycles. The number of nitro benzene ring substituents is 1. The van der Waals surface area contributed by atoms with Gasteiger partial charge in [0, 0.05) is 23.7 Å². The fourth-order valence-electron chi connectivity index (χ4n) is 2.98. The number of nitrogens with one attached hydrogen (secondary N) is 2. The van der Waals surface area contributed by atoms with Crippen molar-refractivity contribution in [3.05, 3.63) is 62.9 Å². The number of fused-ring (bicyclic) bond motifs is 1. The molecule has 0 radical (unpaired) electrons. The van der Waals surface area contributed by atoms with Gasteiger partial charge in [0.1, 0.15) is 5.82 Å². The molecule has 8 heteroatoms. The first kappa shape index (κ1) is 16.5. The first-order valence-corrected chi connectivity index (χ1v) is 8.64. The van der Waals surface area contributed by atoms with E-state index in [0.29, 0.717) is 11.6 Å². The Kier molecular flexibility index (Phi) is 4.08. The van der Waals surface area contributed by atoms with Gasteiger partial charge in [-0.25, -0.2) is 4.98 Å². The van der Waals surface area contributed by atoms with E-state index in [9.17, 15) is 14.9 Å². The molecule has 1 aliphatic carbocycles. The minimum atomic E-state index is -0.556. The Morgan fingerprint density at radius 3 is 2.73 bits per heavy atom. The molecule has 0 spiro atoms. The molecule has 0 saturated heterocycles. The average molecular weight is 371 g/mol. The number of benzene rings is 2. The van der Waals surface area contributed by atoms with E-state index in [1.54, 1.807) is 6.07 Å². The lowest BCUT2D eigenvalue weighted by Crippen LogP contribution is -2.12. The van der Waals surface area contributed by atoms with E-state index in [4.69, 9.17) is 11.6 Å². The summed E-state index contributed by atoms with van der Waals surface area (Å²) in [4.78, 5) is 30.6. The van der Waals surface area contributed by atoms with E-state index in [1.165, 1.54) is 24.6 Å². The summed E-state index contributed by atoms with van der Waals surface area (Å²) in [6.07, 6.45) is 3.54. The molecule has 3 aromatic rings.